The zero-order valence-corrected chi connectivity index (χ0v) is 14.0. The van der Waals surface area contributed by atoms with Crippen molar-refractivity contribution in [2.24, 2.45) is 11.8 Å². The first-order valence-corrected chi connectivity index (χ1v) is 8.16. The molecule has 1 aromatic rings. The molecule has 0 aliphatic carbocycles. The summed E-state index contributed by atoms with van der Waals surface area (Å²) in [7, 11) is 0. The third-order valence-corrected chi connectivity index (χ3v) is 4.67. The molecule has 0 unspecified atom stereocenters. The topological polar surface area (TPSA) is 33.5 Å². The number of carbonyl (C=O) groups excluding carboxylic acids is 1. The Balaban J connectivity index is 1.96. The largest absolute Gasteiger partial charge is 0.324 e. The van der Waals surface area contributed by atoms with Gasteiger partial charge in [-0.25, -0.2) is 0 Å². The second-order valence-electron chi connectivity index (χ2n) is 6.23. The number of rotatable bonds is 3. The highest BCUT2D eigenvalue weighted by Crippen LogP contribution is 2.15. The van der Waals surface area contributed by atoms with Crippen LogP contribution in [-0.2, 0) is 4.79 Å². The van der Waals surface area contributed by atoms with Gasteiger partial charge in [-0.3, -0.25) is 4.79 Å². The number of carbonyl (C=O) groups is 1. The molecule has 1 fully saturated rings. The number of nitrogens with one attached hydrogen (secondary N) is 2. The summed E-state index contributed by atoms with van der Waals surface area (Å²) in [4.78, 5) is 13.8. The predicted octanol–water partition coefficient (Wildman–Crippen LogP) is 2.34. The van der Waals surface area contributed by atoms with E-state index in [4.69, 9.17) is 0 Å². The molecule has 0 aromatic heterocycles. The second kappa shape index (κ2) is 6.72. The van der Waals surface area contributed by atoms with Crippen molar-refractivity contribution in [3.05, 3.63) is 28.7 Å². The monoisotopic (exact) mass is 339 g/mol. The lowest BCUT2D eigenvalue weighted by Gasteiger charge is -2.35. The zero-order chi connectivity index (χ0) is 14.7. The maximum absolute atomic E-state index is 12.4. The van der Waals surface area contributed by atoms with Gasteiger partial charge in [0.15, 0.2) is 6.04 Å². The summed E-state index contributed by atoms with van der Waals surface area (Å²) in [6.45, 7) is 8.80. The molecule has 1 aliphatic rings. The molecule has 3 atom stereocenters. The molecular formula is C16H24BrN2O+. The molecule has 20 heavy (non-hydrogen) atoms. The summed E-state index contributed by atoms with van der Waals surface area (Å²) in [6, 6.07) is 7.73. The SMILES string of the molecule is C[C@H]1C[C@H](C)C[NH+]([C@@H](C)C(=O)Nc2ccc(Br)cc2)C1. The van der Waals surface area contributed by atoms with Gasteiger partial charge < -0.3 is 10.2 Å². The molecule has 3 nitrogen and oxygen atoms in total. The van der Waals surface area contributed by atoms with Gasteiger partial charge in [-0.1, -0.05) is 29.8 Å². The summed E-state index contributed by atoms with van der Waals surface area (Å²) in [5, 5.41) is 3.02. The smallest absolute Gasteiger partial charge is 0.282 e. The van der Waals surface area contributed by atoms with Crippen molar-refractivity contribution >= 4 is 27.5 Å². The average molecular weight is 340 g/mol. The summed E-state index contributed by atoms with van der Waals surface area (Å²) in [5.41, 5.74) is 0.863. The van der Waals surface area contributed by atoms with Crippen LogP contribution in [0.15, 0.2) is 28.7 Å². The van der Waals surface area contributed by atoms with E-state index in [2.05, 4.69) is 35.1 Å². The summed E-state index contributed by atoms with van der Waals surface area (Å²) in [5.74, 6) is 1.52. The molecular weight excluding hydrogens is 316 g/mol. The van der Waals surface area contributed by atoms with E-state index in [0.717, 1.165) is 23.2 Å². The van der Waals surface area contributed by atoms with E-state index in [1.54, 1.807) is 0 Å². The van der Waals surface area contributed by atoms with Crippen molar-refractivity contribution < 1.29 is 9.69 Å². The normalized spacial score (nSPS) is 27.9. The summed E-state index contributed by atoms with van der Waals surface area (Å²) >= 11 is 3.40. The molecule has 4 heteroatoms. The van der Waals surface area contributed by atoms with Crippen LogP contribution in [0.5, 0.6) is 0 Å². The fraction of sp³-hybridized carbons (Fsp3) is 0.562. The Kier molecular flexibility index (Phi) is 5.22. The standard InChI is InChI=1S/C16H23BrN2O/c1-11-8-12(2)10-19(9-11)13(3)16(20)18-15-6-4-14(17)5-7-15/h4-7,11-13H,8-10H2,1-3H3,(H,18,20)/p+1/t11-,12-,13-/m0/s1. The van der Waals surface area contributed by atoms with E-state index in [-0.39, 0.29) is 11.9 Å². The lowest BCUT2D eigenvalue weighted by Crippen LogP contribution is -3.18. The van der Waals surface area contributed by atoms with Crippen molar-refractivity contribution in [3.63, 3.8) is 0 Å². The van der Waals surface area contributed by atoms with Gasteiger partial charge >= 0.3 is 0 Å². The van der Waals surface area contributed by atoms with Crippen molar-refractivity contribution in [1.29, 1.82) is 0 Å². The molecule has 1 amide bonds. The minimum atomic E-state index is 0.00356. The number of quaternary nitrogens is 1. The van der Waals surface area contributed by atoms with Crippen LogP contribution in [-0.4, -0.2) is 25.0 Å². The van der Waals surface area contributed by atoms with Crippen LogP contribution < -0.4 is 10.2 Å². The molecule has 1 saturated heterocycles. The van der Waals surface area contributed by atoms with Crippen LogP contribution in [0.4, 0.5) is 5.69 Å². The Morgan fingerprint density at radius 3 is 2.35 bits per heavy atom. The highest BCUT2D eigenvalue weighted by atomic mass is 79.9. The van der Waals surface area contributed by atoms with Crippen LogP contribution in [0.1, 0.15) is 27.2 Å². The number of hydrogen-bond donors (Lipinski definition) is 2. The van der Waals surface area contributed by atoms with Crippen molar-refractivity contribution in [3.8, 4) is 0 Å². The van der Waals surface area contributed by atoms with E-state index in [1.807, 2.05) is 31.2 Å². The van der Waals surface area contributed by atoms with Crippen molar-refractivity contribution in [2.75, 3.05) is 18.4 Å². The highest BCUT2D eigenvalue weighted by Gasteiger charge is 2.32. The number of anilines is 1. The first kappa shape index (κ1) is 15.5. The molecule has 0 saturated carbocycles. The van der Waals surface area contributed by atoms with E-state index in [0.29, 0.717) is 11.8 Å². The first-order chi connectivity index (χ1) is 9.45. The summed E-state index contributed by atoms with van der Waals surface area (Å²) < 4.78 is 1.02. The molecule has 0 radical (unpaired) electrons. The van der Waals surface area contributed by atoms with Crippen LogP contribution in [0.2, 0.25) is 0 Å². The number of piperidine rings is 1. The lowest BCUT2D eigenvalue weighted by atomic mass is 9.91. The third-order valence-electron chi connectivity index (χ3n) is 4.14. The second-order valence-corrected chi connectivity index (χ2v) is 7.15. The maximum Gasteiger partial charge on any atom is 0.282 e. The molecule has 110 valence electrons. The Morgan fingerprint density at radius 1 is 1.25 bits per heavy atom. The first-order valence-electron chi connectivity index (χ1n) is 7.36. The Labute approximate surface area is 129 Å². The van der Waals surface area contributed by atoms with E-state index in [1.165, 1.54) is 11.3 Å². The lowest BCUT2D eigenvalue weighted by molar-refractivity contribution is -0.925. The van der Waals surface area contributed by atoms with Crippen LogP contribution in [0, 0.1) is 11.8 Å². The van der Waals surface area contributed by atoms with E-state index < -0.39 is 0 Å². The van der Waals surface area contributed by atoms with Gasteiger partial charge in [0.2, 0.25) is 0 Å². The Morgan fingerprint density at radius 2 is 1.80 bits per heavy atom. The predicted molar refractivity (Wildman–Crippen MR) is 85.9 cm³/mol. The number of amides is 1. The van der Waals surface area contributed by atoms with E-state index >= 15 is 0 Å². The van der Waals surface area contributed by atoms with Crippen molar-refractivity contribution in [1.82, 2.24) is 0 Å². The van der Waals surface area contributed by atoms with Crippen LogP contribution in [0.25, 0.3) is 0 Å². The molecule has 2 N–H and O–H groups in total. The highest BCUT2D eigenvalue weighted by molar-refractivity contribution is 9.10. The Bertz CT molecular complexity index is 450. The minimum absolute atomic E-state index is 0.00356. The number of likely N-dealkylation sites (tertiary alicyclic amines) is 1. The van der Waals surface area contributed by atoms with E-state index in [9.17, 15) is 4.79 Å². The number of halogens is 1. The van der Waals surface area contributed by atoms with Gasteiger partial charge in [-0.15, -0.1) is 0 Å². The van der Waals surface area contributed by atoms with Crippen LogP contribution >= 0.6 is 15.9 Å². The van der Waals surface area contributed by atoms with Gasteiger partial charge in [-0.2, -0.15) is 0 Å². The third kappa shape index (κ3) is 4.06. The number of hydrogen-bond acceptors (Lipinski definition) is 1. The number of benzene rings is 1. The van der Waals surface area contributed by atoms with Gasteiger partial charge in [0.05, 0.1) is 13.1 Å². The quantitative estimate of drug-likeness (QED) is 0.870. The molecule has 1 heterocycles. The zero-order valence-electron chi connectivity index (χ0n) is 12.4. The van der Waals surface area contributed by atoms with Gasteiger partial charge in [-0.05, 0) is 37.6 Å². The fourth-order valence-electron chi connectivity index (χ4n) is 3.15. The molecule has 2 rings (SSSR count). The van der Waals surface area contributed by atoms with Gasteiger partial charge in [0, 0.05) is 22.0 Å². The molecule has 1 aromatic carbocycles. The molecule has 0 spiro atoms. The van der Waals surface area contributed by atoms with Gasteiger partial charge in [0.1, 0.15) is 0 Å². The van der Waals surface area contributed by atoms with Crippen molar-refractivity contribution in [2.45, 2.75) is 33.2 Å². The Hall–Kier alpha value is -0.870. The maximum atomic E-state index is 12.4. The average Bonchev–Trinajstić information content (AvgIpc) is 2.39. The van der Waals surface area contributed by atoms with Gasteiger partial charge in [0.25, 0.3) is 5.91 Å². The van der Waals surface area contributed by atoms with Crippen LogP contribution in [0.3, 0.4) is 0 Å². The molecule has 1 aliphatic heterocycles. The molecule has 0 bridgehead atoms. The summed E-state index contributed by atoms with van der Waals surface area (Å²) in [6.07, 6.45) is 1.28. The minimum Gasteiger partial charge on any atom is -0.324 e. The fourth-order valence-corrected chi connectivity index (χ4v) is 3.42.